The fourth-order valence-corrected chi connectivity index (χ4v) is 3.77. The van der Waals surface area contributed by atoms with Crippen LogP contribution in [0, 0.1) is 13.8 Å². The van der Waals surface area contributed by atoms with E-state index >= 15 is 0 Å². The van der Waals surface area contributed by atoms with Crippen LogP contribution < -0.4 is 5.69 Å². The summed E-state index contributed by atoms with van der Waals surface area (Å²) >= 11 is 1.57. The number of pyridine rings is 1. The van der Waals surface area contributed by atoms with Crippen LogP contribution in [0.15, 0.2) is 58.6 Å². The maximum atomic E-state index is 12.3. The van der Waals surface area contributed by atoms with E-state index in [2.05, 4.69) is 34.4 Å². The second-order valence-corrected chi connectivity index (χ2v) is 7.00. The number of para-hydroxylation sites is 1. The summed E-state index contributed by atoms with van der Waals surface area (Å²) < 4.78 is 5.08. The Morgan fingerprint density at radius 1 is 1.04 bits per heavy atom. The second-order valence-electron chi connectivity index (χ2n) is 5.93. The van der Waals surface area contributed by atoms with E-state index in [1.165, 1.54) is 4.68 Å². The highest BCUT2D eigenvalue weighted by molar-refractivity contribution is 7.99. The number of benzene rings is 1. The number of nitrogens with zero attached hydrogens (tertiary/aromatic N) is 6. The van der Waals surface area contributed by atoms with Crippen LogP contribution in [0.4, 0.5) is 0 Å². The van der Waals surface area contributed by atoms with Crippen molar-refractivity contribution in [1.82, 2.24) is 28.9 Å². The number of hydrogen-bond acceptors (Lipinski definition) is 5. The summed E-state index contributed by atoms with van der Waals surface area (Å²) in [6.07, 6.45) is 1.73. The first kappa shape index (κ1) is 16.6. The average molecular weight is 366 g/mol. The van der Waals surface area contributed by atoms with Crippen LogP contribution >= 0.6 is 11.8 Å². The Balaban J connectivity index is 1.55. The van der Waals surface area contributed by atoms with Crippen molar-refractivity contribution < 1.29 is 0 Å². The Morgan fingerprint density at radius 3 is 2.65 bits per heavy atom. The number of thioether (sulfide) groups is 1. The van der Waals surface area contributed by atoms with Gasteiger partial charge in [-0.3, -0.25) is 8.97 Å². The summed E-state index contributed by atoms with van der Waals surface area (Å²) in [6, 6.07) is 13.7. The average Bonchev–Trinajstić information content (AvgIpc) is 3.17. The highest BCUT2D eigenvalue weighted by Gasteiger charge is 2.13. The summed E-state index contributed by atoms with van der Waals surface area (Å²) in [5.74, 6) is 1.51. The summed E-state index contributed by atoms with van der Waals surface area (Å²) in [5.41, 5.74) is 2.76. The molecule has 0 aliphatic carbocycles. The lowest BCUT2D eigenvalue weighted by atomic mass is 10.2. The fourth-order valence-electron chi connectivity index (χ4n) is 2.87. The Kier molecular flexibility index (Phi) is 4.34. The van der Waals surface area contributed by atoms with Crippen molar-refractivity contribution in [3.05, 3.63) is 70.5 Å². The summed E-state index contributed by atoms with van der Waals surface area (Å²) in [4.78, 5) is 12.3. The lowest BCUT2D eigenvalue weighted by molar-refractivity contribution is 0.639. The van der Waals surface area contributed by atoms with Crippen LogP contribution in [0.25, 0.3) is 11.3 Å². The summed E-state index contributed by atoms with van der Waals surface area (Å²) in [6.45, 7) is 4.51. The monoisotopic (exact) mass is 366 g/mol. The maximum Gasteiger partial charge on any atom is 0.350 e. The molecule has 4 aromatic rings. The van der Waals surface area contributed by atoms with E-state index in [9.17, 15) is 4.79 Å². The molecule has 26 heavy (non-hydrogen) atoms. The van der Waals surface area contributed by atoms with Crippen LogP contribution in [-0.4, -0.2) is 34.7 Å². The lowest BCUT2D eigenvalue weighted by Crippen LogP contribution is -2.22. The van der Waals surface area contributed by atoms with Gasteiger partial charge in [0.15, 0.2) is 10.8 Å². The van der Waals surface area contributed by atoms with Crippen LogP contribution in [0.1, 0.15) is 11.4 Å². The largest absolute Gasteiger partial charge is 0.350 e. The quantitative estimate of drug-likeness (QED) is 0.508. The predicted molar refractivity (Wildman–Crippen MR) is 101 cm³/mol. The predicted octanol–water partition coefficient (Wildman–Crippen LogP) is 2.49. The molecule has 0 saturated heterocycles. The van der Waals surface area contributed by atoms with Crippen LogP contribution in [-0.2, 0) is 6.54 Å². The van der Waals surface area contributed by atoms with Crippen molar-refractivity contribution in [3.63, 3.8) is 0 Å². The minimum absolute atomic E-state index is 0.127. The van der Waals surface area contributed by atoms with E-state index < -0.39 is 0 Å². The molecular weight excluding hydrogens is 348 g/mol. The molecule has 0 fully saturated rings. The maximum absolute atomic E-state index is 12.3. The first-order chi connectivity index (χ1) is 12.6. The zero-order chi connectivity index (χ0) is 18.1. The van der Waals surface area contributed by atoms with Crippen LogP contribution in [0.2, 0.25) is 0 Å². The van der Waals surface area contributed by atoms with Gasteiger partial charge in [-0.2, -0.15) is 0 Å². The molecule has 0 unspecified atom stereocenters. The van der Waals surface area contributed by atoms with Crippen LogP contribution in [0.5, 0.6) is 0 Å². The van der Waals surface area contributed by atoms with Gasteiger partial charge in [-0.05, 0) is 37.6 Å². The van der Waals surface area contributed by atoms with Gasteiger partial charge >= 0.3 is 5.69 Å². The third kappa shape index (κ3) is 2.92. The van der Waals surface area contributed by atoms with Gasteiger partial charge in [0.25, 0.3) is 0 Å². The molecule has 0 aliphatic rings. The number of rotatable bonds is 5. The SMILES string of the molecule is Cc1ccccc1-n1c(C)nnc1SCCn1nc2ccccn2c1=O. The molecule has 4 rings (SSSR count). The van der Waals surface area contributed by atoms with Gasteiger partial charge in [-0.25, -0.2) is 9.48 Å². The lowest BCUT2D eigenvalue weighted by Gasteiger charge is -2.10. The zero-order valence-corrected chi connectivity index (χ0v) is 15.3. The van der Waals surface area contributed by atoms with Gasteiger partial charge in [-0.1, -0.05) is 36.0 Å². The Hall–Kier alpha value is -2.87. The molecule has 0 N–H and O–H groups in total. The van der Waals surface area contributed by atoms with E-state index in [0.29, 0.717) is 17.9 Å². The molecule has 0 saturated carbocycles. The summed E-state index contributed by atoms with van der Waals surface area (Å²) in [5, 5.41) is 13.7. The molecule has 0 amide bonds. The number of fused-ring (bicyclic) bond motifs is 1. The third-order valence-electron chi connectivity index (χ3n) is 4.17. The molecule has 0 radical (unpaired) electrons. The highest BCUT2D eigenvalue weighted by atomic mass is 32.2. The normalized spacial score (nSPS) is 11.3. The Labute approximate surface area is 154 Å². The van der Waals surface area contributed by atoms with Gasteiger partial charge in [0.05, 0.1) is 12.2 Å². The van der Waals surface area contributed by atoms with Gasteiger partial charge < -0.3 is 0 Å². The van der Waals surface area contributed by atoms with Crippen molar-refractivity contribution in [2.75, 3.05) is 5.75 Å². The van der Waals surface area contributed by atoms with Gasteiger partial charge in [-0.15, -0.1) is 15.3 Å². The van der Waals surface area contributed by atoms with Crippen molar-refractivity contribution >= 4 is 17.4 Å². The van der Waals surface area contributed by atoms with Crippen LogP contribution in [0.3, 0.4) is 0 Å². The standard InChI is InChI=1S/C18H18N6OS/c1-13-7-3-4-8-15(13)24-14(2)19-20-17(24)26-12-11-23-18(25)22-10-6-5-9-16(22)21-23/h3-10H,11-12H2,1-2H3. The molecule has 7 nitrogen and oxygen atoms in total. The molecule has 0 aliphatic heterocycles. The van der Waals surface area contributed by atoms with Gasteiger partial charge in [0.1, 0.15) is 5.82 Å². The molecule has 3 aromatic heterocycles. The van der Waals surface area contributed by atoms with Gasteiger partial charge in [0, 0.05) is 11.9 Å². The number of aromatic nitrogens is 6. The molecule has 132 valence electrons. The second kappa shape index (κ2) is 6.80. The third-order valence-corrected chi connectivity index (χ3v) is 5.08. The minimum atomic E-state index is -0.127. The topological polar surface area (TPSA) is 70.0 Å². The Bertz CT molecular complexity index is 1130. The molecule has 1 aromatic carbocycles. The number of hydrogen-bond donors (Lipinski definition) is 0. The van der Waals surface area contributed by atoms with E-state index in [4.69, 9.17) is 0 Å². The Morgan fingerprint density at radius 2 is 1.85 bits per heavy atom. The highest BCUT2D eigenvalue weighted by Crippen LogP contribution is 2.23. The van der Waals surface area contributed by atoms with E-state index in [0.717, 1.165) is 22.2 Å². The minimum Gasteiger partial charge on any atom is -0.274 e. The summed E-state index contributed by atoms with van der Waals surface area (Å²) in [7, 11) is 0. The van der Waals surface area contributed by atoms with Gasteiger partial charge in [0.2, 0.25) is 0 Å². The molecule has 0 atom stereocenters. The first-order valence-electron chi connectivity index (χ1n) is 8.30. The van der Waals surface area contributed by atoms with Crippen molar-refractivity contribution in [3.8, 4) is 5.69 Å². The first-order valence-corrected chi connectivity index (χ1v) is 9.29. The molecule has 0 bridgehead atoms. The molecular formula is C18H18N6OS. The molecule has 8 heteroatoms. The van der Waals surface area contributed by atoms with E-state index in [-0.39, 0.29) is 5.69 Å². The van der Waals surface area contributed by atoms with E-state index in [1.54, 1.807) is 22.4 Å². The van der Waals surface area contributed by atoms with E-state index in [1.807, 2.05) is 41.8 Å². The van der Waals surface area contributed by atoms with Crippen molar-refractivity contribution in [2.24, 2.45) is 0 Å². The van der Waals surface area contributed by atoms with Crippen molar-refractivity contribution in [1.29, 1.82) is 0 Å². The number of aryl methyl sites for hydroxylation is 3. The molecule has 0 spiro atoms. The molecule has 3 heterocycles. The smallest absolute Gasteiger partial charge is 0.274 e. The van der Waals surface area contributed by atoms with Crippen molar-refractivity contribution in [2.45, 2.75) is 25.5 Å². The fraction of sp³-hybridized carbons (Fsp3) is 0.222. The zero-order valence-electron chi connectivity index (χ0n) is 14.5.